The van der Waals surface area contributed by atoms with Gasteiger partial charge in [-0.2, -0.15) is 0 Å². The molecule has 0 unspecified atom stereocenters. The second-order valence-corrected chi connectivity index (χ2v) is 3.25. The number of hydrogen-bond donors (Lipinski definition) is 0. The minimum atomic E-state index is 1.07. The maximum Gasteiger partial charge on any atom is 0.0386 e. The Hall–Kier alpha value is -0.760. The van der Waals surface area contributed by atoms with E-state index >= 15 is 0 Å². The molecule has 0 aliphatic carbocycles. The summed E-state index contributed by atoms with van der Waals surface area (Å²) in [7, 11) is 0. The molecule has 0 atom stereocenters. The van der Waals surface area contributed by atoms with Crippen molar-refractivity contribution in [2.45, 2.75) is 33.9 Å². The van der Waals surface area contributed by atoms with Gasteiger partial charge in [-0.3, -0.25) is 4.90 Å². The van der Waals surface area contributed by atoms with Gasteiger partial charge in [-0.25, -0.2) is 0 Å². The number of aromatic nitrogens is 1. The smallest absolute Gasteiger partial charge is 0.0386 e. The van der Waals surface area contributed by atoms with Crippen molar-refractivity contribution < 1.29 is 0 Å². The van der Waals surface area contributed by atoms with Gasteiger partial charge in [0.05, 0.1) is 0 Å². The van der Waals surface area contributed by atoms with Crippen molar-refractivity contribution in [1.29, 1.82) is 0 Å². The zero-order valence-electron chi connectivity index (χ0n) is 8.95. The molecule has 74 valence electrons. The molecule has 13 heavy (non-hydrogen) atoms. The first-order chi connectivity index (χ1) is 6.31. The summed E-state index contributed by atoms with van der Waals surface area (Å²) < 4.78 is 2.30. The molecule has 0 aliphatic rings. The van der Waals surface area contributed by atoms with E-state index in [0.29, 0.717) is 0 Å². The summed E-state index contributed by atoms with van der Waals surface area (Å²) in [5.41, 5.74) is 1.42. The highest BCUT2D eigenvalue weighted by Crippen LogP contribution is 2.05. The third-order valence-electron chi connectivity index (χ3n) is 2.54. The van der Waals surface area contributed by atoms with Crippen LogP contribution in [0.5, 0.6) is 0 Å². The van der Waals surface area contributed by atoms with Crippen molar-refractivity contribution >= 4 is 0 Å². The van der Waals surface area contributed by atoms with Gasteiger partial charge in [-0.1, -0.05) is 13.8 Å². The SMILES string of the molecule is CCN(CC)Cc1cccn1CC. The Kier molecular flexibility index (Phi) is 4.03. The Balaban J connectivity index is 2.61. The Morgan fingerprint density at radius 1 is 1.23 bits per heavy atom. The van der Waals surface area contributed by atoms with E-state index in [2.05, 4.69) is 48.6 Å². The van der Waals surface area contributed by atoms with Gasteiger partial charge in [-0.05, 0) is 32.1 Å². The topological polar surface area (TPSA) is 8.17 Å². The van der Waals surface area contributed by atoms with Gasteiger partial charge >= 0.3 is 0 Å². The second-order valence-electron chi connectivity index (χ2n) is 3.25. The van der Waals surface area contributed by atoms with Crippen molar-refractivity contribution in [2.75, 3.05) is 13.1 Å². The van der Waals surface area contributed by atoms with E-state index < -0.39 is 0 Å². The molecule has 0 saturated carbocycles. The quantitative estimate of drug-likeness (QED) is 0.675. The Labute approximate surface area is 81.2 Å². The maximum absolute atomic E-state index is 2.43. The Morgan fingerprint density at radius 2 is 1.92 bits per heavy atom. The lowest BCUT2D eigenvalue weighted by Crippen LogP contribution is -2.23. The van der Waals surface area contributed by atoms with Gasteiger partial charge < -0.3 is 4.57 Å². The predicted molar refractivity (Wildman–Crippen MR) is 56.7 cm³/mol. The minimum absolute atomic E-state index is 1.07. The molecule has 0 fully saturated rings. The van der Waals surface area contributed by atoms with E-state index in [9.17, 15) is 0 Å². The predicted octanol–water partition coefficient (Wildman–Crippen LogP) is 2.35. The number of hydrogen-bond acceptors (Lipinski definition) is 1. The molecule has 1 rings (SSSR count). The Morgan fingerprint density at radius 3 is 2.46 bits per heavy atom. The molecule has 1 aromatic heterocycles. The highest BCUT2D eigenvalue weighted by molar-refractivity contribution is 5.06. The van der Waals surface area contributed by atoms with Crippen LogP contribution in [-0.4, -0.2) is 22.6 Å². The number of aryl methyl sites for hydroxylation is 1. The summed E-state index contributed by atoms with van der Waals surface area (Å²) in [6.07, 6.45) is 2.15. The van der Waals surface area contributed by atoms with Crippen LogP contribution in [0.1, 0.15) is 26.5 Å². The first-order valence-electron chi connectivity index (χ1n) is 5.18. The molecule has 0 bridgehead atoms. The summed E-state index contributed by atoms with van der Waals surface area (Å²) in [6.45, 7) is 11.0. The van der Waals surface area contributed by atoms with Gasteiger partial charge in [0.15, 0.2) is 0 Å². The summed E-state index contributed by atoms with van der Waals surface area (Å²) in [5.74, 6) is 0. The van der Waals surface area contributed by atoms with Crippen molar-refractivity contribution in [1.82, 2.24) is 9.47 Å². The van der Waals surface area contributed by atoms with E-state index in [1.165, 1.54) is 5.69 Å². The lowest BCUT2D eigenvalue weighted by molar-refractivity contribution is 0.288. The standard InChI is InChI=1S/C11H20N2/c1-4-12(5-2)10-11-8-7-9-13(11)6-3/h7-9H,4-6,10H2,1-3H3. The number of nitrogens with zero attached hydrogens (tertiary/aromatic N) is 2. The lowest BCUT2D eigenvalue weighted by atomic mass is 10.3. The van der Waals surface area contributed by atoms with Crippen molar-refractivity contribution in [3.8, 4) is 0 Å². The maximum atomic E-state index is 2.43. The second kappa shape index (κ2) is 5.07. The molecule has 0 N–H and O–H groups in total. The van der Waals surface area contributed by atoms with Crippen LogP contribution in [0, 0.1) is 0 Å². The van der Waals surface area contributed by atoms with E-state index in [4.69, 9.17) is 0 Å². The van der Waals surface area contributed by atoms with Gasteiger partial charge in [0.25, 0.3) is 0 Å². The molecule has 0 aromatic carbocycles. The van der Waals surface area contributed by atoms with Crippen LogP contribution in [0.25, 0.3) is 0 Å². The van der Waals surface area contributed by atoms with Gasteiger partial charge in [0.1, 0.15) is 0 Å². The molecule has 0 amide bonds. The van der Waals surface area contributed by atoms with Crippen LogP contribution < -0.4 is 0 Å². The average molecular weight is 180 g/mol. The zero-order valence-corrected chi connectivity index (χ0v) is 8.95. The first kappa shape index (κ1) is 10.3. The van der Waals surface area contributed by atoms with Gasteiger partial charge in [0.2, 0.25) is 0 Å². The molecule has 1 aromatic rings. The third kappa shape index (κ3) is 2.59. The molecule has 2 heteroatoms. The van der Waals surface area contributed by atoms with Crippen LogP contribution in [0.2, 0.25) is 0 Å². The molecule has 0 saturated heterocycles. The fourth-order valence-corrected chi connectivity index (χ4v) is 1.58. The third-order valence-corrected chi connectivity index (χ3v) is 2.54. The van der Waals surface area contributed by atoms with Gasteiger partial charge in [0, 0.05) is 25.0 Å². The first-order valence-corrected chi connectivity index (χ1v) is 5.18. The summed E-state index contributed by atoms with van der Waals surface area (Å²) >= 11 is 0. The van der Waals surface area contributed by atoms with E-state index in [1.807, 2.05) is 0 Å². The highest BCUT2D eigenvalue weighted by Gasteiger charge is 2.03. The van der Waals surface area contributed by atoms with Crippen LogP contribution in [0.4, 0.5) is 0 Å². The van der Waals surface area contributed by atoms with Crippen LogP contribution >= 0.6 is 0 Å². The number of rotatable bonds is 5. The average Bonchev–Trinajstić information content (AvgIpc) is 2.61. The molecular formula is C11H20N2. The highest BCUT2D eigenvalue weighted by atomic mass is 15.1. The normalized spacial score (nSPS) is 11.1. The molecular weight excluding hydrogens is 160 g/mol. The largest absolute Gasteiger partial charge is 0.351 e. The van der Waals surface area contributed by atoms with Crippen molar-refractivity contribution in [3.05, 3.63) is 24.0 Å². The molecule has 0 radical (unpaired) electrons. The van der Waals surface area contributed by atoms with Crippen molar-refractivity contribution in [3.63, 3.8) is 0 Å². The Bertz CT molecular complexity index is 236. The van der Waals surface area contributed by atoms with Crippen LogP contribution in [0.3, 0.4) is 0 Å². The monoisotopic (exact) mass is 180 g/mol. The summed E-state index contributed by atoms with van der Waals surface area (Å²) in [4.78, 5) is 2.43. The fraction of sp³-hybridized carbons (Fsp3) is 0.636. The molecule has 0 spiro atoms. The van der Waals surface area contributed by atoms with Crippen LogP contribution in [-0.2, 0) is 13.1 Å². The molecule has 1 heterocycles. The van der Waals surface area contributed by atoms with E-state index in [1.54, 1.807) is 0 Å². The molecule has 0 aliphatic heterocycles. The minimum Gasteiger partial charge on any atom is -0.351 e. The van der Waals surface area contributed by atoms with Crippen LogP contribution in [0.15, 0.2) is 18.3 Å². The van der Waals surface area contributed by atoms with E-state index in [0.717, 1.165) is 26.2 Å². The fourth-order valence-electron chi connectivity index (χ4n) is 1.58. The van der Waals surface area contributed by atoms with E-state index in [-0.39, 0.29) is 0 Å². The van der Waals surface area contributed by atoms with Crippen molar-refractivity contribution in [2.24, 2.45) is 0 Å². The lowest BCUT2D eigenvalue weighted by Gasteiger charge is -2.18. The van der Waals surface area contributed by atoms with Gasteiger partial charge in [-0.15, -0.1) is 0 Å². The summed E-state index contributed by atoms with van der Waals surface area (Å²) in [6, 6.07) is 4.34. The zero-order chi connectivity index (χ0) is 9.68. The summed E-state index contributed by atoms with van der Waals surface area (Å²) in [5, 5.41) is 0. The molecule has 2 nitrogen and oxygen atoms in total.